The van der Waals surface area contributed by atoms with Crippen LogP contribution in [-0.4, -0.2) is 51.9 Å². The third-order valence-electron chi connectivity index (χ3n) is 6.83. The van der Waals surface area contributed by atoms with Gasteiger partial charge in [0, 0.05) is 35.4 Å². The Morgan fingerprint density at radius 2 is 2.09 bits per heavy atom. The van der Waals surface area contributed by atoms with E-state index in [1.54, 1.807) is 47.5 Å². The molecule has 3 aliphatic rings. The van der Waals surface area contributed by atoms with E-state index in [1.807, 2.05) is 0 Å². The van der Waals surface area contributed by atoms with Gasteiger partial charge in [-0.1, -0.05) is 11.3 Å². The van der Waals surface area contributed by atoms with Crippen molar-refractivity contribution >= 4 is 11.8 Å². The molecule has 3 atom stereocenters. The Hall–Kier alpha value is -3.84. The number of anilines is 1. The zero-order valence-corrected chi connectivity index (χ0v) is 17.5. The Morgan fingerprint density at radius 3 is 2.76 bits per heavy atom. The van der Waals surface area contributed by atoms with E-state index in [0.717, 1.165) is 0 Å². The third kappa shape index (κ3) is 3.08. The molecule has 9 nitrogen and oxygen atoms in total. The van der Waals surface area contributed by atoms with Gasteiger partial charge in [0.05, 0.1) is 50.0 Å². The number of rotatable bonds is 5. The van der Waals surface area contributed by atoms with Crippen molar-refractivity contribution in [1.82, 2.24) is 20.0 Å². The fourth-order valence-electron chi connectivity index (χ4n) is 5.03. The lowest BCUT2D eigenvalue weighted by Crippen LogP contribution is -2.26. The molecule has 166 valence electrons. The molecule has 2 aliphatic heterocycles. The molecule has 1 amide bonds. The van der Waals surface area contributed by atoms with E-state index in [4.69, 9.17) is 9.47 Å². The van der Waals surface area contributed by atoms with E-state index in [2.05, 4.69) is 21.4 Å². The molecule has 33 heavy (non-hydrogen) atoms. The maximum absolute atomic E-state index is 15.0. The van der Waals surface area contributed by atoms with Crippen molar-refractivity contribution in [3.63, 3.8) is 0 Å². The molecular weight excluding hydrogens is 427 g/mol. The van der Waals surface area contributed by atoms with Gasteiger partial charge in [0.25, 0.3) is 0 Å². The summed E-state index contributed by atoms with van der Waals surface area (Å²) in [6, 6.07) is 10.6. The van der Waals surface area contributed by atoms with Crippen LogP contribution in [0.2, 0.25) is 0 Å². The van der Waals surface area contributed by atoms with Crippen LogP contribution < -0.4 is 4.90 Å². The number of benzene rings is 1. The molecule has 2 unspecified atom stereocenters. The topological polar surface area (TPSA) is 106 Å². The smallest absolute Gasteiger partial charge is 0.414 e. The molecular formula is C23H19FN6O3. The zero-order valence-electron chi connectivity index (χ0n) is 17.5. The minimum absolute atomic E-state index is 0.186. The van der Waals surface area contributed by atoms with Crippen LogP contribution in [-0.2, 0) is 21.4 Å². The monoisotopic (exact) mass is 446 g/mol. The molecule has 1 saturated carbocycles. The lowest BCUT2D eigenvalue weighted by atomic mass is 9.96. The van der Waals surface area contributed by atoms with E-state index >= 15 is 4.39 Å². The highest BCUT2D eigenvalue weighted by atomic mass is 19.1. The standard InChI is InChI=1S/C23H19FN6O3/c24-20-7-15(30-10-16(33-22(30)31)9-29-6-5-27-28-29)2-3-17(20)14-1-4-21(26-8-14)23(13-25)18-11-32-12-19(18)23/h1-8,16,18-19H,9-12H2/t16-,18?,19?,23?/m0/s1. The van der Waals surface area contributed by atoms with E-state index in [-0.39, 0.29) is 18.4 Å². The number of nitriles is 1. The molecule has 0 radical (unpaired) electrons. The number of hydrogen-bond donors (Lipinski definition) is 0. The van der Waals surface area contributed by atoms with Gasteiger partial charge in [0.2, 0.25) is 0 Å². The largest absolute Gasteiger partial charge is 0.442 e. The number of carbonyl (C=O) groups excluding carboxylic acids is 1. The van der Waals surface area contributed by atoms with Crippen molar-refractivity contribution in [2.75, 3.05) is 24.7 Å². The van der Waals surface area contributed by atoms with Crippen molar-refractivity contribution in [2.24, 2.45) is 11.8 Å². The number of amides is 1. The number of nitrogens with zero attached hydrogens (tertiary/aromatic N) is 6. The molecule has 1 aliphatic carbocycles. The highest BCUT2D eigenvalue weighted by Crippen LogP contribution is 2.62. The van der Waals surface area contributed by atoms with Gasteiger partial charge in [0.15, 0.2) is 0 Å². The van der Waals surface area contributed by atoms with Crippen LogP contribution >= 0.6 is 0 Å². The molecule has 1 aromatic carbocycles. The number of hydrogen-bond acceptors (Lipinski definition) is 7. The Balaban J connectivity index is 1.20. The maximum Gasteiger partial charge on any atom is 0.414 e. The van der Waals surface area contributed by atoms with Crippen LogP contribution in [0.25, 0.3) is 11.1 Å². The average Bonchev–Trinajstić information content (AvgIpc) is 3.35. The summed E-state index contributed by atoms with van der Waals surface area (Å²) in [7, 11) is 0. The second-order valence-electron chi connectivity index (χ2n) is 8.57. The summed E-state index contributed by atoms with van der Waals surface area (Å²) in [6.45, 7) is 1.82. The van der Waals surface area contributed by atoms with Crippen LogP contribution in [0.15, 0.2) is 48.9 Å². The predicted octanol–water partition coefficient (Wildman–Crippen LogP) is 2.54. The lowest BCUT2D eigenvalue weighted by Gasteiger charge is -2.15. The molecule has 6 rings (SSSR count). The van der Waals surface area contributed by atoms with E-state index in [1.165, 1.54) is 11.0 Å². The van der Waals surface area contributed by atoms with Crippen LogP contribution in [0, 0.1) is 29.0 Å². The van der Waals surface area contributed by atoms with Crippen molar-refractivity contribution in [1.29, 1.82) is 5.26 Å². The number of ether oxygens (including phenoxy) is 2. The number of carbonyl (C=O) groups is 1. The Kier molecular flexibility index (Phi) is 4.41. The summed E-state index contributed by atoms with van der Waals surface area (Å²) in [5.41, 5.74) is 1.52. The molecule has 2 aromatic heterocycles. The first kappa shape index (κ1) is 19.8. The summed E-state index contributed by atoms with van der Waals surface area (Å²) in [5, 5.41) is 17.3. The van der Waals surface area contributed by atoms with Crippen molar-refractivity contribution in [3.05, 3.63) is 60.4 Å². The van der Waals surface area contributed by atoms with Crippen LogP contribution in [0.5, 0.6) is 0 Å². The summed E-state index contributed by atoms with van der Waals surface area (Å²) in [5.74, 6) is -0.0998. The summed E-state index contributed by atoms with van der Waals surface area (Å²) in [6.07, 6.45) is 3.90. The summed E-state index contributed by atoms with van der Waals surface area (Å²) < 4.78 is 27.4. The second kappa shape index (κ2) is 7.35. The van der Waals surface area contributed by atoms with Crippen molar-refractivity contribution in [3.8, 4) is 17.2 Å². The van der Waals surface area contributed by atoms with E-state index in [0.29, 0.717) is 42.3 Å². The van der Waals surface area contributed by atoms with E-state index in [9.17, 15) is 10.1 Å². The molecule has 4 heterocycles. The quantitative estimate of drug-likeness (QED) is 0.593. The number of aromatic nitrogens is 4. The van der Waals surface area contributed by atoms with Gasteiger partial charge in [-0.25, -0.2) is 13.9 Å². The minimum atomic E-state index is -0.585. The molecule has 2 saturated heterocycles. The van der Waals surface area contributed by atoms with Gasteiger partial charge in [-0.05, 0) is 24.3 Å². The van der Waals surface area contributed by atoms with E-state index < -0.39 is 23.4 Å². The predicted molar refractivity (Wildman–Crippen MR) is 112 cm³/mol. The fourth-order valence-corrected chi connectivity index (χ4v) is 5.03. The molecule has 0 spiro atoms. The van der Waals surface area contributed by atoms with Gasteiger partial charge < -0.3 is 9.47 Å². The Labute approximate surface area is 188 Å². The van der Waals surface area contributed by atoms with Gasteiger partial charge in [-0.2, -0.15) is 5.26 Å². The lowest BCUT2D eigenvalue weighted by molar-refractivity contribution is 0.129. The molecule has 3 fully saturated rings. The minimum Gasteiger partial charge on any atom is -0.442 e. The van der Waals surface area contributed by atoms with Crippen molar-refractivity contribution in [2.45, 2.75) is 18.1 Å². The Bertz CT molecular complexity index is 1250. The SMILES string of the molecule is N#CC1(c2ccc(-c3ccc(N4C[C@H](Cn5ccnn5)OC4=O)cc3F)cn2)C2COCC21. The number of cyclic esters (lactones) is 1. The van der Waals surface area contributed by atoms with Gasteiger partial charge in [0.1, 0.15) is 17.3 Å². The molecule has 0 N–H and O–H groups in total. The maximum atomic E-state index is 15.0. The number of pyridine rings is 1. The van der Waals surface area contributed by atoms with Crippen LogP contribution in [0.1, 0.15) is 5.69 Å². The average molecular weight is 446 g/mol. The highest BCUT2D eigenvalue weighted by molar-refractivity contribution is 5.90. The first-order valence-corrected chi connectivity index (χ1v) is 10.7. The summed E-state index contributed by atoms with van der Waals surface area (Å²) in [4.78, 5) is 18.2. The van der Waals surface area contributed by atoms with Crippen LogP contribution in [0.3, 0.4) is 0 Å². The number of fused-ring (bicyclic) bond motifs is 1. The molecule has 0 bridgehead atoms. The third-order valence-corrected chi connectivity index (χ3v) is 6.83. The first-order valence-electron chi connectivity index (χ1n) is 10.7. The Morgan fingerprint density at radius 1 is 1.24 bits per heavy atom. The van der Waals surface area contributed by atoms with Gasteiger partial charge in [-0.15, -0.1) is 5.10 Å². The van der Waals surface area contributed by atoms with Gasteiger partial charge in [-0.3, -0.25) is 9.88 Å². The molecule has 10 heteroatoms. The first-order chi connectivity index (χ1) is 16.1. The zero-order chi connectivity index (χ0) is 22.6. The second-order valence-corrected chi connectivity index (χ2v) is 8.57. The highest BCUT2D eigenvalue weighted by Gasteiger charge is 2.70. The normalized spacial score (nSPS) is 27.8. The fraction of sp³-hybridized carbons (Fsp3) is 0.348. The summed E-state index contributed by atoms with van der Waals surface area (Å²) >= 11 is 0. The molecule has 3 aromatic rings. The number of halogens is 1. The van der Waals surface area contributed by atoms with Crippen LogP contribution in [0.4, 0.5) is 14.9 Å². The van der Waals surface area contributed by atoms with Gasteiger partial charge >= 0.3 is 6.09 Å². The van der Waals surface area contributed by atoms with Crippen molar-refractivity contribution < 1.29 is 18.7 Å².